The summed E-state index contributed by atoms with van der Waals surface area (Å²) in [6, 6.07) is 16.6. The molecular formula is C22H19ClN2O3. The lowest BCUT2D eigenvalue weighted by Gasteiger charge is -2.14. The summed E-state index contributed by atoms with van der Waals surface area (Å²) in [5, 5.41) is 10.0. The van der Waals surface area contributed by atoms with Gasteiger partial charge in [0.05, 0.1) is 6.61 Å². The molecule has 0 bridgehead atoms. The minimum absolute atomic E-state index is 0.0674. The number of nitriles is 1. The molecule has 0 aliphatic rings. The fourth-order valence-electron chi connectivity index (χ4n) is 2.86. The summed E-state index contributed by atoms with van der Waals surface area (Å²) < 4.78 is 11.6. The number of rotatable bonds is 6. The first-order chi connectivity index (χ1) is 13.5. The number of nitrogens with one attached hydrogen (secondary N) is 1. The van der Waals surface area contributed by atoms with Gasteiger partial charge in [-0.05, 0) is 43.7 Å². The van der Waals surface area contributed by atoms with Crippen LogP contribution in [0, 0.1) is 18.3 Å². The van der Waals surface area contributed by atoms with Crippen molar-refractivity contribution < 1.29 is 9.47 Å². The van der Waals surface area contributed by atoms with Crippen LogP contribution in [0.1, 0.15) is 23.7 Å². The second kappa shape index (κ2) is 8.64. The molecule has 0 spiro atoms. The van der Waals surface area contributed by atoms with Crippen LogP contribution in [0.4, 0.5) is 0 Å². The maximum absolute atomic E-state index is 12.1. The number of halogens is 1. The normalized spacial score (nSPS) is 10.4. The van der Waals surface area contributed by atoms with Crippen molar-refractivity contribution in [2.75, 3.05) is 6.61 Å². The Bertz CT molecular complexity index is 1100. The van der Waals surface area contributed by atoms with Gasteiger partial charge in [-0.15, -0.1) is 0 Å². The second-order valence-corrected chi connectivity index (χ2v) is 6.56. The number of aryl methyl sites for hydroxylation is 1. The van der Waals surface area contributed by atoms with Gasteiger partial charge in [-0.2, -0.15) is 5.26 Å². The number of ether oxygens (including phenoxy) is 2. The third kappa shape index (κ3) is 4.19. The molecule has 0 atom stereocenters. The molecule has 5 nitrogen and oxygen atoms in total. The molecule has 1 heterocycles. The van der Waals surface area contributed by atoms with Gasteiger partial charge in [-0.1, -0.05) is 35.9 Å². The van der Waals surface area contributed by atoms with E-state index >= 15 is 0 Å². The zero-order valence-corrected chi connectivity index (χ0v) is 16.3. The first-order valence-corrected chi connectivity index (χ1v) is 9.18. The zero-order valence-electron chi connectivity index (χ0n) is 15.6. The minimum atomic E-state index is -0.408. The van der Waals surface area contributed by atoms with E-state index in [-0.39, 0.29) is 5.56 Å². The molecule has 0 radical (unpaired) electrons. The SMILES string of the molecule is CCOc1cc(-c2cc(C)[nH]c(=O)c2C#N)ccc1OCc1ccccc1Cl. The Morgan fingerprint density at radius 1 is 1.11 bits per heavy atom. The highest BCUT2D eigenvalue weighted by Crippen LogP contribution is 2.34. The lowest BCUT2D eigenvalue weighted by Crippen LogP contribution is -2.12. The van der Waals surface area contributed by atoms with Crippen LogP contribution in [0.15, 0.2) is 53.3 Å². The number of hydrogen-bond donors (Lipinski definition) is 1. The molecule has 6 heteroatoms. The average molecular weight is 395 g/mol. The first kappa shape index (κ1) is 19.5. The number of aromatic nitrogens is 1. The summed E-state index contributed by atoms with van der Waals surface area (Å²) in [5.74, 6) is 1.10. The Balaban J connectivity index is 1.97. The van der Waals surface area contributed by atoms with Crippen LogP contribution < -0.4 is 15.0 Å². The number of benzene rings is 2. The van der Waals surface area contributed by atoms with Crippen LogP contribution in [0.2, 0.25) is 5.02 Å². The topological polar surface area (TPSA) is 75.1 Å². The smallest absolute Gasteiger partial charge is 0.266 e. The van der Waals surface area contributed by atoms with E-state index in [1.807, 2.05) is 37.3 Å². The van der Waals surface area contributed by atoms with Gasteiger partial charge < -0.3 is 14.5 Å². The molecular weight excluding hydrogens is 376 g/mol. The summed E-state index contributed by atoms with van der Waals surface area (Å²) in [7, 11) is 0. The number of pyridine rings is 1. The van der Waals surface area contributed by atoms with E-state index in [4.69, 9.17) is 21.1 Å². The fourth-order valence-corrected chi connectivity index (χ4v) is 3.05. The summed E-state index contributed by atoms with van der Waals surface area (Å²) in [6.45, 7) is 4.40. The van der Waals surface area contributed by atoms with E-state index in [2.05, 4.69) is 4.98 Å². The van der Waals surface area contributed by atoms with Crippen LogP contribution in [-0.2, 0) is 6.61 Å². The zero-order chi connectivity index (χ0) is 20.1. The van der Waals surface area contributed by atoms with Crippen LogP contribution in [-0.4, -0.2) is 11.6 Å². The van der Waals surface area contributed by atoms with E-state index in [0.29, 0.717) is 46.6 Å². The summed E-state index contributed by atoms with van der Waals surface area (Å²) in [6.07, 6.45) is 0. The molecule has 142 valence electrons. The predicted octanol–water partition coefficient (Wildman–Crippen LogP) is 4.85. The first-order valence-electron chi connectivity index (χ1n) is 8.81. The van der Waals surface area contributed by atoms with Gasteiger partial charge in [0.2, 0.25) is 0 Å². The predicted molar refractivity (Wildman–Crippen MR) is 109 cm³/mol. The monoisotopic (exact) mass is 394 g/mol. The summed E-state index contributed by atoms with van der Waals surface area (Å²) in [5.41, 5.74) is 2.47. The molecule has 1 aromatic heterocycles. The third-order valence-electron chi connectivity index (χ3n) is 4.18. The number of hydrogen-bond acceptors (Lipinski definition) is 4. The highest BCUT2D eigenvalue weighted by atomic mass is 35.5. The molecule has 0 unspecified atom stereocenters. The highest BCUT2D eigenvalue weighted by Gasteiger charge is 2.14. The van der Waals surface area contributed by atoms with Crippen molar-refractivity contribution >= 4 is 11.6 Å². The Kier molecular flexibility index (Phi) is 6.03. The Morgan fingerprint density at radius 2 is 1.89 bits per heavy atom. The van der Waals surface area contributed by atoms with Gasteiger partial charge in [0.15, 0.2) is 11.5 Å². The molecule has 0 aliphatic carbocycles. The van der Waals surface area contributed by atoms with Crippen molar-refractivity contribution in [2.24, 2.45) is 0 Å². The van der Waals surface area contributed by atoms with Crippen molar-refractivity contribution in [3.63, 3.8) is 0 Å². The van der Waals surface area contributed by atoms with Crippen molar-refractivity contribution in [3.05, 3.63) is 80.7 Å². The van der Waals surface area contributed by atoms with E-state index in [0.717, 1.165) is 5.56 Å². The quantitative estimate of drug-likeness (QED) is 0.648. The standard InChI is InChI=1S/C22H19ClN2O3/c1-3-27-21-11-15(17-10-14(2)25-22(26)18(17)12-24)8-9-20(21)28-13-16-6-4-5-7-19(16)23/h4-11H,3,13H2,1-2H3,(H,25,26). The van der Waals surface area contributed by atoms with Crippen LogP contribution >= 0.6 is 11.6 Å². The Hall–Kier alpha value is -3.23. The summed E-state index contributed by atoms with van der Waals surface area (Å²) in [4.78, 5) is 14.7. The fraction of sp³-hybridized carbons (Fsp3) is 0.182. The van der Waals surface area contributed by atoms with Crippen LogP contribution in [0.3, 0.4) is 0 Å². The van der Waals surface area contributed by atoms with Gasteiger partial charge in [0, 0.05) is 21.8 Å². The van der Waals surface area contributed by atoms with Gasteiger partial charge in [0.25, 0.3) is 5.56 Å². The van der Waals surface area contributed by atoms with Gasteiger partial charge in [0.1, 0.15) is 18.2 Å². The van der Waals surface area contributed by atoms with Gasteiger partial charge in [-0.3, -0.25) is 4.79 Å². The molecule has 3 rings (SSSR count). The maximum atomic E-state index is 12.1. The molecule has 28 heavy (non-hydrogen) atoms. The average Bonchev–Trinajstić information content (AvgIpc) is 2.68. The van der Waals surface area contributed by atoms with Crippen LogP contribution in [0.5, 0.6) is 11.5 Å². The van der Waals surface area contributed by atoms with Crippen molar-refractivity contribution in [3.8, 4) is 28.7 Å². The number of aromatic amines is 1. The molecule has 0 amide bonds. The molecule has 0 fully saturated rings. The third-order valence-corrected chi connectivity index (χ3v) is 4.54. The van der Waals surface area contributed by atoms with E-state index in [9.17, 15) is 10.1 Å². The van der Waals surface area contributed by atoms with Crippen molar-refractivity contribution in [1.29, 1.82) is 5.26 Å². The molecule has 0 saturated heterocycles. The van der Waals surface area contributed by atoms with Crippen molar-refractivity contribution in [1.82, 2.24) is 4.98 Å². The summed E-state index contributed by atoms with van der Waals surface area (Å²) >= 11 is 6.19. The maximum Gasteiger partial charge on any atom is 0.266 e. The largest absolute Gasteiger partial charge is 0.490 e. The highest BCUT2D eigenvalue weighted by molar-refractivity contribution is 6.31. The lowest BCUT2D eigenvalue weighted by atomic mass is 10.0. The Morgan fingerprint density at radius 3 is 2.61 bits per heavy atom. The van der Waals surface area contributed by atoms with E-state index in [1.165, 1.54) is 0 Å². The van der Waals surface area contributed by atoms with Crippen LogP contribution in [0.25, 0.3) is 11.1 Å². The number of nitrogens with zero attached hydrogens (tertiary/aromatic N) is 1. The number of H-pyrrole nitrogens is 1. The molecule has 1 N–H and O–H groups in total. The molecule has 0 saturated carbocycles. The molecule has 0 aliphatic heterocycles. The molecule has 3 aromatic rings. The van der Waals surface area contributed by atoms with E-state index < -0.39 is 5.56 Å². The lowest BCUT2D eigenvalue weighted by molar-refractivity contribution is 0.269. The van der Waals surface area contributed by atoms with Crippen molar-refractivity contribution in [2.45, 2.75) is 20.5 Å². The Labute approximate surface area is 168 Å². The minimum Gasteiger partial charge on any atom is -0.490 e. The second-order valence-electron chi connectivity index (χ2n) is 6.16. The van der Waals surface area contributed by atoms with E-state index in [1.54, 1.807) is 31.2 Å². The van der Waals surface area contributed by atoms with Gasteiger partial charge in [-0.25, -0.2) is 0 Å². The van der Waals surface area contributed by atoms with Gasteiger partial charge >= 0.3 is 0 Å². The molecule has 2 aromatic carbocycles.